The van der Waals surface area contributed by atoms with Gasteiger partial charge in [-0.3, -0.25) is 0 Å². The summed E-state index contributed by atoms with van der Waals surface area (Å²) in [5.41, 5.74) is 0.0847. The van der Waals surface area contributed by atoms with Gasteiger partial charge in [-0.15, -0.1) is 0 Å². The molecule has 1 aromatic rings. The number of rotatable bonds is 2. The van der Waals surface area contributed by atoms with E-state index < -0.39 is 5.97 Å². The van der Waals surface area contributed by atoms with Gasteiger partial charge in [-0.2, -0.15) is 0 Å². The molecule has 0 saturated carbocycles. The van der Waals surface area contributed by atoms with Gasteiger partial charge in [0.25, 0.3) is 0 Å². The van der Waals surface area contributed by atoms with Crippen LogP contribution >= 0.6 is 27.3 Å². The predicted octanol–water partition coefficient (Wildman–Crippen LogP) is 1.44. The summed E-state index contributed by atoms with van der Waals surface area (Å²) in [5.74, 6) is -1.00. The highest BCUT2D eigenvalue weighted by atomic mass is 79.9. The monoisotopic (exact) mass is 292 g/mol. The summed E-state index contributed by atoms with van der Waals surface area (Å²) < 4.78 is 5.78. The molecule has 2 rings (SSSR count). The van der Waals surface area contributed by atoms with E-state index >= 15 is 0 Å². The predicted molar refractivity (Wildman–Crippen MR) is 59.8 cm³/mol. The van der Waals surface area contributed by atoms with Crippen LogP contribution in [-0.4, -0.2) is 42.4 Å². The number of halogens is 1. The average molecular weight is 293 g/mol. The summed E-state index contributed by atoms with van der Waals surface area (Å²) in [6.07, 6.45) is 0. The van der Waals surface area contributed by atoms with E-state index in [0.29, 0.717) is 17.0 Å². The van der Waals surface area contributed by atoms with Crippen molar-refractivity contribution in [3.63, 3.8) is 0 Å². The lowest BCUT2D eigenvalue weighted by molar-refractivity contribution is 0.0690. The molecule has 0 unspecified atom stereocenters. The SMILES string of the molecule is O=C(O)c1nc(N2CCOCC2)sc1Br. The summed E-state index contributed by atoms with van der Waals surface area (Å²) in [6.45, 7) is 2.86. The zero-order chi connectivity index (χ0) is 10.8. The zero-order valence-corrected chi connectivity index (χ0v) is 10.2. The van der Waals surface area contributed by atoms with Crippen molar-refractivity contribution >= 4 is 38.4 Å². The summed E-state index contributed by atoms with van der Waals surface area (Å²) in [7, 11) is 0. The van der Waals surface area contributed by atoms with Crippen LogP contribution in [0.15, 0.2) is 3.79 Å². The van der Waals surface area contributed by atoms with Gasteiger partial charge in [-0.05, 0) is 15.9 Å². The molecule has 82 valence electrons. The van der Waals surface area contributed by atoms with E-state index in [-0.39, 0.29) is 5.69 Å². The minimum atomic E-state index is -1.00. The number of carbonyl (C=O) groups is 1. The number of hydrogen-bond donors (Lipinski definition) is 1. The molecule has 7 heteroatoms. The number of morpholine rings is 1. The first-order valence-corrected chi connectivity index (χ1v) is 6.02. The van der Waals surface area contributed by atoms with Crippen molar-refractivity contribution in [3.8, 4) is 0 Å². The Labute approximate surface area is 98.8 Å². The van der Waals surface area contributed by atoms with E-state index in [4.69, 9.17) is 9.84 Å². The Morgan fingerprint density at radius 3 is 2.73 bits per heavy atom. The Balaban J connectivity index is 2.21. The van der Waals surface area contributed by atoms with Gasteiger partial charge in [0.1, 0.15) is 3.79 Å². The first-order chi connectivity index (χ1) is 7.18. The third-order valence-electron chi connectivity index (χ3n) is 2.06. The first-order valence-electron chi connectivity index (χ1n) is 4.41. The maximum absolute atomic E-state index is 10.8. The number of aromatic nitrogens is 1. The highest BCUT2D eigenvalue weighted by Crippen LogP contribution is 2.31. The Kier molecular flexibility index (Phi) is 3.22. The molecular formula is C8H9BrN2O3S. The van der Waals surface area contributed by atoms with Crippen molar-refractivity contribution in [2.75, 3.05) is 31.2 Å². The molecule has 0 amide bonds. The van der Waals surface area contributed by atoms with Crippen LogP contribution in [0.3, 0.4) is 0 Å². The molecule has 0 spiro atoms. The second-order valence-electron chi connectivity index (χ2n) is 3.02. The van der Waals surface area contributed by atoms with Gasteiger partial charge in [0.15, 0.2) is 10.8 Å². The number of aromatic carboxylic acids is 1. The quantitative estimate of drug-likeness (QED) is 0.894. The number of thiazole rings is 1. The van der Waals surface area contributed by atoms with Crippen LogP contribution in [0, 0.1) is 0 Å². The van der Waals surface area contributed by atoms with Gasteiger partial charge in [-0.25, -0.2) is 9.78 Å². The first kappa shape index (κ1) is 10.8. The van der Waals surface area contributed by atoms with Crippen LogP contribution in [0.5, 0.6) is 0 Å². The highest BCUT2D eigenvalue weighted by Gasteiger charge is 2.20. The maximum atomic E-state index is 10.8. The summed E-state index contributed by atoms with van der Waals surface area (Å²) in [4.78, 5) is 16.9. The molecule has 5 nitrogen and oxygen atoms in total. The molecule has 0 radical (unpaired) electrons. The molecule has 1 aliphatic heterocycles. The summed E-state index contributed by atoms with van der Waals surface area (Å²) >= 11 is 4.55. The van der Waals surface area contributed by atoms with Crippen LogP contribution in [0.2, 0.25) is 0 Å². The van der Waals surface area contributed by atoms with Crippen LogP contribution in [0.4, 0.5) is 5.13 Å². The fourth-order valence-corrected chi connectivity index (χ4v) is 2.84. The van der Waals surface area contributed by atoms with E-state index in [1.165, 1.54) is 11.3 Å². The van der Waals surface area contributed by atoms with Gasteiger partial charge in [0, 0.05) is 13.1 Å². The van der Waals surface area contributed by atoms with Crippen LogP contribution < -0.4 is 4.90 Å². The number of ether oxygens (including phenoxy) is 1. The van der Waals surface area contributed by atoms with Crippen molar-refractivity contribution < 1.29 is 14.6 Å². The van der Waals surface area contributed by atoms with E-state index in [0.717, 1.165) is 18.2 Å². The molecule has 0 bridgehead atoms. The third kappa shape index (κ3) is 2.30. The van der Waals surface area contributed by atoms with Crippen molar-refractivity contribution in [2.24, 2.45) is 0 Å². The Morgan fingerprint density at radius 1 is 1.53 bits per heavy atom. The molecule has 0 aliphatic carbocycles. The lowest BCUT2D eigenvalue weighted by atomic mass is 10.4. The molecule has 2 heterocycles. The van der Waals surface area contributed by atoms with Gasteiger partial charge in [0.2, 0.25) is 0 Å². The molecule has 0 aromatic carbocycles. The molecule has 1 aliphatic rings. The summed E-state index contributed by atoms with van der Waals surface area (Å²) in [6, 6.07) is 0. The normalized spacial score (nSPS) is 16.7. The fraction of sp³-hybridized carbons (Fsp3) is 0.500. The molecule has 1 fully saturated rings. The van der Waals surface area contributed by atoms with Crippen molar-refractivity contribution in [3.05, 3.63) is 9.48 Å². The molecule has 1 N–H and O–H groups in total. The van der Waals surface area contributed by atoms with Gasteiger partial charge >= 0.3 is 5.97 Å². The maximum Gasteiger partial charge on any atom is 0.356 e. The van der Waals surface area contributed by atoms with Crippen molar-refractivity contribution in [2.45, 2.75) is 0 Å². The molecular weight excluding hydrogens is 284 g/mol. The van der Waals surface area contributed by atoms with E-state index in [1.807, 2.05) is 4.90 Å². The number of carboxylic acids is 1. The lowest BCUT2D eigenvalue weighted by Gasteiger charge is -2.25. The molecule has 0 atom stereocenters. The van der Waals surface area contributed by atoms with Crippen LogP contribution in [-0.2, 0) is 4.74 Å². The summed E-state index contributed by atoms with van der Waals surface area (Å²) in [5, 5.41) is 9.59. The van der Waals surface area contributed by atoms with Gasteiger partial charge < -0.3 is 14.7 Å². The van der Waals surface area contributed by atoms with Gasteiger partial charge in [0.05, 0.1) is 13.2 Å². The minimum absolute atomic E-state index is 0.0847. The zero-order valence-electron chi connectivity index (χ0n) is 7.77. The molecule has 1 aromatic heterocycles. The Hall–Kier alpha value is -0.660. The van der Waals surface area contributed by atoms with Crippen molar-refractivity contribution in [1.29, 1.82) is 0 Å². The second kappa shape index (κ2) is 4.46. The van der Waals surface area contributed by atoms with E-state index in [9.17, 15) is 4.79 Å². The van der Waals surface area contributed by atoms with Crippen LogP contribution in [0.25, 0.3) is 0 Å². The molecule has 15 heavy (non-hydrogen) atoms. The molecule has 1 saturated heterocycles. The van der Waals surface area contributed by atoms with Gasteiger partial charge in [-0.1, -0.05) is 11.3 Å². The number of nitrogens with zero attached hydrogens (tertiary/aromatic N) is 2. The smallest absolute Gasteiger partial charge is 0.356 e. The fourth-order valence-electron chi connectivity index (χ4n) is 1.31. The Bertz CT molecular complexity index is 376. The average Bonchev–Trinajstić information content (AvgIpc) is 2.62. The minimum Gasteiger partial charge on any atom is -0.476 e. The number of hydrogen-bond acceptors (Lipinski definition) is 5. The van der Waals surface area contributed by atoms with E-state index in [1.54, 1.807) is 0 Å². The van der Waals surface area contributed by atoms with Crippen LogP contribution in [0.1, 0.15) is 10.5 Å². The number of carboxylic acid groups (broad SMARTS) is 1. The lowest BCUT2D eigenvalue weighted by Crippen LogP contribution is -2.36. The Morgan fingerprint density at radius 2 is 2.20 bits per heavy atom. The largest absolute Gasteiger partial charge is 0.476 e. The number of anilines is 1. The highest BCUT2D eigenvalue weighted by molar-refractivity contribution is 9.11. The third-order valence-corrected chi connectivity index (χ3v) is 3.82. The standard InChI is InChI=1S/C8H9BrN2O3S/c9-6-5(7(12)13)10-8(15-6)11-1-3-14-4-2-11/h1-4H2,(H,12,13). The van der Waals surface area contributed by atoms with E-state index in [2.05, 4.69) is 20.9 Å². The topological polar surface area (TPSA) is 62.7 Å². The second-order valence-corrected chi connectivity index (χ2v) is 5.32. The van der Waals surface area contributed by atoms with Crippen molar-refractivity contribution in [1.82, 2.24) is 4.98 Å².